The number of piperazine rings is 1. The largest absolute Gasteiger partial charge is 0.484 e. The first-order valence-electron chi connectivity index (χ1n) is 9.56. The van der Waals surface area contributed by atoms with Crippen molar-refractivity contribution in [2.75, 3.05) is 32.8 Å². The molecule has 0 aromatic heterocycles. The highest BCUT2D eigenvalue weighted by Crippen LogP contribution is 2.17. The Kier molecular flexibility index (Phi) is 6.71. The van der Waals surface area contributed by atoms with E-state index in [1.165, 1.54) is 15.3 Å². The van der Waals surface area contributed by atoms with Crippen molar-refractivity contribution in [2.45, 2.75) is 13.8 Å². The van der Waals surface area contributed by atoms with Crippen LogP contribution in [0.1, 0.15) is 16.7 Å². The van der Waals surface area contributed by atoms with Crippen LogP contribution >= 0.6 is 0 Å². The van der Waals surface area contributed by atoms with Gasteiger partial charge in [-0.2, -0.15) is 4.31 Å². The van der Waals surface area contributed by atoms with E-state index in [9.17, 15) is 13.2 Å². The minimum atomic E-state index is -3.51. The molecule has 1 amide bonds. The summed E-state index contributed by atoms with van der Waals surface area (Å²) in [7, 11) is -3.51. The summed E-state index contributed by atoms with van der Waals surface area (Å²) >= 11 is 0. The lowest BCUT2D eigenvalue weighted by molar-refractivity contribution is -0.134. The summed E-state index contributed by atoms with van der Waals surface area (Å²) in [5, 5.41) is 1.22. The summed E-state index contributed by atoms with van der Waals surface area (Å²) in [5.41, 5.74) is 3.10. The molecular formula is C22H26N2O4S. The molecule has 0 bridgehead atoms. The predicted octanol–water partition coefficient (Wildman–Crippen LogP) is 2.83. The molecule has 0 N–H and O–H groups in total. The number of rotatable bonds is 6. The van der Waals surface area contributed by atoms with Crippen LogP contribution in [0.5, 0.6) is 5.75 Å². The molecule has 1 aliphatic rings. The van der Waals surface area contributed by atoms with Gasteiger partial charge < -0.3 is 9.64 Å². The lowest BCUT2D eigenvalue weighted by Crippen LogP contribution is -2.51. The van der Waals surface area contributed by atoms with Gasteiger partial charge in [0, 0.05) is 31.6 Å². The molecule has 29 heavy (non-hydrogen) atoms. The van der Waals surface area contributed by atoms with Crippen molar-refractivity contribution in [3.05, 3.63) is 70.6 Å². The molecule has 0 radical (unpaired) electrons. The number of carbonyl (C=O) groups excluding carboxylic acids is 1. The average molecular weight is 415 g/mol. The minimum absolute atomic E-state index is 0.0524. The lowest BCUT2D eigenvalue weighted by Gasteiger charge is -2.33. The summed E-state index contributed by atoms with van der Waals surface area (Å²) in [6.45, 7) is 5.22. The molecule has 1 saturated heterocycles. The second-order valence-electron chi connectivity index (χ2n) is 7.07. The zero-order chi connectivity index (χ0) is 20.9. The molecule has 2 aromatic rings. The molecule has 7 heteroatoms. The molecule has 2 aromatic carbocycles. The Morgan fingerprint density at radius 1 is 1.00 bits per heavy atom. The number of amides is 1. The molecule has 0 unspecified atom stereocenters. The average Bonchev–Trinajstić information content (AvgIpc) is 2.74. The number of hydrogen-bond acceptors (Lipinski definition) is 4. The fourth-order valence-electron chi connectivity index (χ4n) is 3.05. The van der Waals surface area contributed by atoms with Gasteiger partial charge in [-0.15, -0.1) is 0 Å². The van der Waals surface area contributed by atoms with E-state index in [0.29, 0.717) is 18.8 Å². The molecule has 0 spiro atoms. The zero-order valence-corrected chi connectivity index (χ0v) is 17.6. The van der Waals surface area contributed by atoms with Gasteiger partial charge >= 0.3 is 0 Å². The molecular weight excluding hydrogens is 388 g/mol. The highest BCUT2D eigenvalue weighted by Gasteiger charge is 2.27. The quantitative estimate of drug-likeness (QED) is 0.729. The molecule has 0 atom stereocenters. The summed E-state index contributed by atoms with van der Waals surface area (Å²) in [4.78, 5) is 14.1. The van der Waals surface area contributed by atoms with E-state index in [0.717, 1.165) is 11.1 Å². The zero-order valence-electron chi connectivity index (χ0n) is 16.7. The van der Waals surface area contributed by atoms with Crippen LogP contribution in [0.3, 0.4) is 0 Å². The van der Waals surface area contributed by atoms with Gasteiger partial charge in [-0.3, -0.25) is 4.79 Å². The second-order valence-corrected chi connectivity index (χ2v) is 8.89. The highest BCUT2D eigenvalue weighted by atomic mass is 32.2. The van der Waals surface area contributed by atoms with Crippen molar-refractivity contribution in [1.29, 1.82) is 0 Å². The van der Waals surface area contributed by atoms with Crippen LogP contribution in [0.4, 0.5) is 0 Å². The Hall–Kier alpha value is -2.64. The number of benzene rings is 2. The van der Waals surface area contributed by atoms with Gasteiger partial charge in [0.2, 0.25) is 10.0 Å². The minimum Gasteiger partial charge on any atom is -0.484 e. The van der Waals surface area contributed by atoms with E-state index in [1.807, 2.05) is 62.4 Å². The monoisotopic (exact) mass is 414 g/mol. The first-order valence-corrected chi connectivity index (χ1v) is 11.1. The number of hydrogen-bond donors (Lipinski definition) is 0. The van der Waals surface area contributed by atoms with Crippen molar-refractivity contribution in [1.82, 2.24) is 9.21 Å². The van der Waals surface area contributed by atoms with Gasteiger partial charge in [0.25, 0.3) is 5.91 Å². The highest BCUT2D eigenvalue weighted by molar-refractivity contribution is 7.92. The maximum Gasteiger partial charge on any atom is 0.260 e. The van der Waals surface area contributed by atoms with E-state index in [2.05, 4.69) is 0 Å². The molecule has 1 heterocycles. The first-order chi connectivity index (χ1) is 13.8. The normalized spacial score (nSPS) is 15.6. The maximum absolute atomic E-state index is 12.5. The molecule has 1 fully saturated rings. The first kappa shape index (κ1) is 21.1. The van der Waals surface area contributed by atoms with Gasteiger partial charge in [0.15, 0.2) is 6.61 Å². The predicted molar refractivity (Wildman–Crippen MR) is 114 cm³/mol. The molecule has 0 aliphatic carbocycles. The third-order valence-corrected chi connectivity index (χ3v) is 6.59. The van der Waals surface area contributed by atoms with Crippen LogP contribution in [-0.2, 0) is 14.8 Å². The summed E-state index contributed by atoms with van der Waals surface area (Å²) in [6.07, 6.45) is 1.59. The number of carbonyl (C=O) groups is 1. The Morgan fingerprint density at radius 3 is 2.34 bits per heavy atom. The Bertz CT molecular complexity index is 979. The van der Waals surface area contributed by atoms with Crippen molar-refractivity contribution in [2.24, 2.45) is 0 Å². The topological polar surface area (TPSA) is 66.9 Å². The fourth-order valence-corrected chi connectivity index (χ4v) is 4.22. The maximum atomic E-state index is 12.5. The number of nitrogens with zero attached hydrogens (tertiary/aromatic N) is 2. The Morgan fingerprint density at radius 2 is 1.69 bits per heavy atom. The smallest absolute Gasteiger partial charge is 0.260 e. The van der Waals surface area contributed by atoms with E-state index in [4.69, 9.17) is 4.74 Å². The fraction of sp³-hybridized carbons (Fsp3) is 0.318. The molecule has 0 saturated carbocycles. The van der Waals surface area contributed by atoms with Gasteiger partial charge in [-0.25, -0.2) is 8.42 Å². The van der Waals surface area contributed by atoms with E-state index in [-0.39, 0.29) is 25.6 Å². The van der Waals surface area contributed by atoms with Crippen LogP contribution in [0.15, 0.2) is 53.9 Å². The summed E-state index contributed by atoms with van der Waals surface area (Å²) in [6, 6.07) is 15.0. The Labute approximate surface area is 172 Å². The van der Waals surface area contributed by atoms with Crippen LogP contribution < -0.4 is 4.74 Å². The van der Waals surface area contributed by atoms with Crippen LogP contribution in [0.25, 0.3) is 6.08 Å². The molecule has 1 aliphatic heterocycles. The molecule has 154 valence electrons. The van der Waals surface area contributed by atoms with E-state index >= 15 is 0 Å². The van der Waals surface area contributed by atoms with Crippen molar-refractivity contribution < 1.29 is 17.9 Å². The number of aryl methyl sites for hydroxylation is 2. The van der Waals surface area contributed by atoms with Gasteiger partial charge in [-0.05, 0) is 48.7 Å². The molecule has 3 rings (SSSR count). The van der Waals surface area contributed by atoms with Crippen LogP contribution in [0.2, 0.25) is 0 Å². The van der Waals surface area contributed by atoms with Crippen molar-refractivity contribution >= 4 is 22.0 Å². The van der Waals surface area contributed by atoms with Crippen LogP contribution in [0, 0.1) is 13.8 Å². The third kappa shape index (κ3) is 5.68. The van der Waals surface area contributed by atoms with Crippen molar-refractivity contribution in [3.8, 4) is 5.75 Å². The standard InChI is InChI=1S/C22H26N2O4S/c1-18-8-9-21(16-19(18)2)28-17-22(25)23-11-13-24(14-12-23)29(26,27)15-10-20-6-4-3-5-7-20/h3-10,15-16H,11-14,17H2,1-2H3/b15-10+. The van der Waals surface area contributed by atoms with Crippen LogP contribution in [-0.4, -0.2) is 56.3 Å². The third-order valence-electron chi connectivity index (χ3n) is 5.02. The summed E-state index contributed by atoms with van der Waals surface area (Å²) in [5.74, 6) is 0.522. The van der Waals surface area contributed by atoms with Gasteiger partial charge in [0.1, 0.15) is 5.75 Å². The van der Waals surface area contributed by atoms with Gasteiger partial charge in [-0.1, -0.05) is 36.4 Å². The number of ether oxygens (including phenoxy) is 1. The van der Waals surface area contributed by atoms with Crippen molar-refractivity contribution in [3.63, 3.8) is 0 Å². The number of sulfonamides is 1. The van der Waals surface area contributed by atoms with Gasteiger partial charge in [0.05, 0.1) is 0 Å². The lowest BCUT2D eigenvalue weighted by atomic mass is 10.1. The SMILES string of the molecule is Cc1ccc(OCC(=O)N2CCN(S(=O)(=O)/C=C/c3ccccc3)CC2)cc1C. The van der Waals surface area contributed by atoms with E-state index < -0.39 is 10.0 Å². The molecule has 6 nitrogen and oxygen atoms in total. The second kappa shape index (κ2) is 9.24. The summed E-state index contributed by atoms with van der Waals surface area (Å²) < 4.78 is 32.0. The van der Waals surface area contributed by atoms with E-state index in [1.54, 1.807) is 11.0 Å². The Balaban J connectivity index is 1.50.